The Kier molecular flexibility index (Phi) is 4.65. The fourth-order valence-electron chi connectivity index (χ4n) is 1.21. The summed E-state index contributed by atoms with van der Waals surface area (Å²) in [7, 11) is 0. The van der Waals surface area contributed by atoms with E-state index in [1.807, 2.05) is 6.92 Å². The second-order valence-corrected chi connectivity index (χ2v) is 3.23. The van der Waals surface area contributed by atoms with E-state index in [1.165, 1.54) is 12.1 Å². The molecule has 0 aliphatic carbocycles. The van der Waals surface area contributed by atoms with Gasteiger partial charge < -0.3 is 9.84 Å². The van der Waals surface area contributed by atoms with Crippen molar-refractivity contribution in [3.05, 3.63) is 35.4 Å². The monoisotopic (exact) mass is 216 g/mol. The first-order valence-corrected chi connectivity index (χ1v) is 4.86. The lowest BCUT2D eigenvalue weighted by Crippen LogP contribution is -2.10. The molecule has 0 radical (unpaired) electrons. The molecule has 1 atom stereocenters. The Morgan fingerprint density at radius 2 is 2.13 bits per heavy atom. The van der Waals surface area contributed by atoms with Crippen LogP contribution in [0.4, 0.5) is 8.78 Å². The third kappa shape index (κ3) is 3.25. The van der Waals surface area contributed by atoms with Crippen LogP contribution < -0.4 is 0 Å². The van der Waals surface area contributed by atoms with Gasteiger partial charge in [-0.1, -0.05) is 19.1 Å². The first kappa shape index (κ1) is 12.1. The van der Waals surface area contributed by atoms with Crippen molar-refractivity contribution in [1.82, 2.24) is 0 Å². The molecule has 0 aliphatic heterocycles. The molecule has 1 rings (SSSR count). The van der Waals surface area contributed by atoms with Crippen LogP contribution in [0.15, 0.2) is 18.2 Å². The predicted octanol–water partition coefficient (Wildman–Crippen LogP) is 2.42. The summed E-state index contributed by atoms with van der Waals surface area (Å²) < 4.78 is 31.0. The fourth-order valence-corrected chi connectivity index (χ4v) is 1.21. The lowest BCUT2D eigenvalue weighted by molar-refractivity contribution is 0.0343. The molecule has 0 amide bonds. The molecule has 15 heavy (non-hydrogen) atoms. The zero-order valence-corrected chi connectivity index (χ0v) is 8.54. The largest absolute Gasteiger partial charge is 0.386 e. The van der Waals surface area contributed by atoms with Gasteiger partial charge in [0.1, 0.15) is 6.10 Å². The van der Waals surface area contributed by atoms with Gasteiger partial charge in [-0.15, -0.1) is 0 Å². The second-order valence-electron chi connectivity index (χ2n) is 3.23. The van der Waals surface area contributed by atoms with E-state index < -0.39 is 17.7 Å². The van der Waals surface area contributed by atoms with E-state index in [0.29, 0.717) is 6.61 Å². The topological polar surface area (TPSA) is 29.5 Å². The van der Waals surface area contributed by atoms with Crippen molar-refractivity contribution in [3.8, 4) is 0 Å². The normalized spacial score (nSPS) is 12.8. The molecular formula is C11H14F2O2. The maximum Gasteiger partial charge on any atom is 0.164 e. The summed E-state index contributed by atoms with van der Waals surface area (Å²) in [5.41, 5.74) is -0.0638. The number of aliphatic hydroxyl groups excluding tert-OH is 1. The minimum absolute atomic E-state index is 0.0196. The van der Waals surface area contributed by atoms with Gasteiger partial charge in [0.2, 0.25) is 0 Å². The van der Waals surface area contributed by atoms with Crippen molar-refractivity contribution in [2.45, 2.75) is 19.4 Å². The van der Waals surface area contributed by atoms with Gasteiger partial charge >= 0.3 is 0 Å². The summed E-state index contributed by atoms with van der Waals surface area (Å²) in [5, 5.41) is 9.52. The molecule has 1 aromatic rings. The van der Waals surface area contributed by atoms with Gasteiger partial charge in [-0.3, -0.25) is 0 Å². The molecular weight excluding hydrogens is 202 g/mol. The number of hydrogen-bond donors (Lipinski definition) is 1. The third-order valence-corrected chi connectivity index (χ3v) is 1.96. The van der Waals surface area contributed by atoms with E-state index >= 15 is 0 Å². The van der Waals surface area contributed by atoms with Crippen LogP contribution in [0, 0.1) is 11.6 Å². The van der Waals surface area contributed by atoms with E-state index in [0.717, 1.165) is 12.5 Å². The Hall–Kier alpha value is -1.00. The van der Waals surface area contributed by atoms with Crippen molar-refractivity contribution in [3.63, 3.8) is 0 Å². The Morgan fingerprint density at radius 1 is 1.40 bits per heavy atom. The summed E-state index contributed by atoms with van der Waals surface area (Å²) in [6, 6.07) is 3.72. The lowest BCUT2D eigenvalue weighted by atomic mass is 10.1. The molecule has 4 heteroatoms. The van der Waals surface area contributed by atoms with Crippen LogP contribution in [0.2, 0.25) is 0 Å². The molecule has 84 valence electrons. The molecule has 0 aliphatic rings. The van der Waals surface area contributed by atoms with Crippen molar-refractivity contribution in [1.29, 1.82) is 0 Å². The van der Waals surface area contributed by atoms with Crippen molar-refractivity contribution in [2.24, 2.45) is 0 Å². The highest BCUT2D eigenvalue weighted by Crippen LogP contribution is 2.19. The Bertz CT molecular complexity index is 315. The molecule has 0 saturated heterocycles. The average Bonchev–Trinajstić information content (AvgIpc) is 2.22. The smallest absolute Gasteiger partial charge is 0.164 e. The first-order valence-electron chi connectivity index (χ1n) is 4.86. The van der Waals surface area contributed by atoms with E-state index in [-0.39, 0.29) is 12.2 Å². The van der Waals surface area contributed by atoms with Gasteiger partial charge in [0.05, 0.1) is 6.61 Å². The van der Waals surface area contributed by atoms with Gasteiger partial charge in [-0.05, 0) is 12.5 Å². The lowest BCUT2D eigenvalue weighted by Gasteiger charge is -2.12. The molecule has 1 aromatic carbocycles. The molecule has 1 N–H and O–H groups in total. The van der Waals surface area contributed by atoms with Crippen LogP contribution in [0.25, 0.3) is 0 Å². The van der Waals surface area contributed by atoms with E-state index in [4.69, 9.17) is 4.74 Å². The van der Waals surface area contributed by atoms with Gasteiger partial charge in [0, 0.05) is 12.2 Å². The van der Waals surface area contributed by atoms with Gasteiger partial charge in [0.25, 0.3) is 0 Å². The fraction of sp³-hybridized carbons (Fsp3) is 0.455. The molecule has 1 unspecified atom stereocenters. The average molecular weight is 216 g/mol. The maximum absolute atomic E-state index is 13.2. The Morgan fingerprint density at radius 3 is 2.80 bits per heavy atom. The zero-order valence-electron chi connectivity index (χ0n) is 8.54. The van der Waals surface area contributed by atoms with Crippen LogP contribution in [0.5, 0.6) is 0 Å². The summed E-state index contributed by atoms with van der Waals surface area (Å²) >= 11 is 0. The highest BCUT2D eigenvalue weighted by Gasteiger charge is 2.15. The molecule has 0 spiro atoms. The van der Waals surface area contributed by atoms with Gasteiger partial charge in [-0.2, -0.15) is 0 Å². The number of rotatable bonds is 5. The van der Waals surface area contributed by atoms with E-state index in [1.54, 1.807) is 0 Å². The number of halogens is 2. The van der Waals surface area contributed by atoms with Crippen molar-refractivity contribution >= 4 is 0 Å². The standard InChI is InChI=1S/C11H14F2O2/c1-2-6-15-7-10(14)8-4-3-5-9(12)11(8)13/h3-5,10,14H,2,6-7H2,1H3. The molecule has 0 bridgehead atoms. The molecule has 0 saturated carbocycles. The minimum Gasteiger partial charge on any atom is -0.386 e. The number of hydrogen-bond acceptors (Lipinski definition) is 2. The number of benzene rings is 1. The van der Waals surface area contributed by atoms with E-state index in [9.17, 15) is 13.9 Å². The highest BCUT2D eigenvalue weighted by molar-refractivity contribution is 5.21. The molecule has 0 aromatic heterocycles. The summed E-state index contributed by atoms with van der Waals surface area (Å²) in [6.07, 6.45) is -0.300. The Labute approximate surface area is 87.5 Å². The van der Waals surface area contributed by atoms with Crippen molar-refractivity contribution < 1.29 is 18.6 Å². The zero-order chi connectivity index (χ0) is 11.3. The number of aliphatic hydroxyl groups is 1. The quantitative estimate of drug-likeness (QED) is 0.766. The van der Waals surface area contributed by atoms with Gasteiger partial charge in [0.15, 0.2) is 11.6 Å². The molecule has 0 fully saturated rings. The molecule has 0 heterocycles. The number of ether oxygens (including phenoxy) is 1. The summed E-state index contributed by atoms with van der Waals surface area (Å²) in [4.78, 5) is 0. The second kappa shape index (κ2) is 5.78. The van der Waals surface area contributed by atoms with Crippen LogP contribution in [-0.4, -0.2) is 18.3 Å². The molecule has 2 nitrogen and oxygen atoms in total. The highest BCUT2D eigenvalue weighted by atomic mass is 19.2. The first-order chi connectivity index (χ1) is 7.16. The summed E-state index contributed by atoms with van der Waals surface area (Å²) in [5.74, 6) is -1.97. The minimum atomic E-state index is -1.12. The van der Waals surface area contributed by atoms with E-state index in [2.05, 4.69) is 0 Å². The van der Waals surface area contributed by atoms with Gasteiger partial charge in [-0.25, -0.2) is 8.78 Å². The Balaban J connectivity index is 2.65. The predicted molar refractivity (Wildman–Crippen MR) is 52.4 cm³/mol. The van der Waals surface area contributed by atoms with Crippen molar-refractivity contribution in [2.75, 3.05) is 13.2 Å². The van der Waals surface area contributed by atoms with Crippen LogP contribution >= 0.6 is 0 Å². The van der Waals surface area contributed by atoms with Crippen LogP contribution in [0.1, 0.15) is 25.0 Å². The van der Waals surface area contributed by atoms with Crippen LogP contribution in [-0.2, 0) is 4.74 Å². The van der Waals surface area contributed by atoms with Crippen LogP contribution in [0.3, 0.4) is 0 Å². The summed E-state index contributed by atoms with van der Waals surface area (Å²) in [6.45, 7) is 2.40. The maximum atomic E-state index is 13.2. The third-order valence-electron chi connectivity index (χ3n) is 1.96. The SMILES string of the molecule is CCCOCC(O)c1cccc(F)c1F.